The van der Waals surface area contributed by atoms with Crippen molar-refractivity contribution in [3.05, 3.63) is 63.8 Å². The number of ether oxygens (including phenoxy) is 1. The van der Waals surface area contributed by atoms with Crippen LogP contribution in [0.25, 0.3) is 11.3 Å². The number of phenolic OH excluding ortho intramolecular Hbond substituents is 1. The van der Waals surface area contributed by atoms with Crippen molar-refractivity contribution in [1.29, 1.82) is 0 Å². The number of aryl methyl sites for hydroxylation is 1. The second kappa shape index (κ2) is 8.71. The first-order chi connectivity index (χ1) is 13.5. The van der Waals surface area contributed by atoms with Crippen molar-refractivity contribution in [3.8, 4) is 22.8 Å². The monoisotopic (exact) mass is 443 g/mol. The maximum Gasteiger partial charge on any atom is 0.277 e. The second-order valence-corrected chi connectivity index (χ2v) is 6.72. The molecule has 0 unspecified atom stereocenters. The molecule has 3 aromatic rings. The highest BCUT2D eigenvalue weighted by Gasteiger charge is 2.21. The molecule has 0 radical (unpaired) electrons. The minimum absolute atomic E-state index is 0.0609. The summed E-state index contributed by atoms with van der Waals surface area (Å²) in [5.74, 6) is 0.184. The Labute approximate surface area is 170 Å². The van der Waals surface area contributed by atoms with Gasteiger partial charge in [0.25, 0.3) is 5.91 Å². The fraction of sp³-hybridized carbons (Fsp3) is 0.150. The van der Waals surface area contributed by atoms with Crippen LogP contribution in [0.4, 0.5) is 0 Å². The van der Waals surface area contributed by atoms with E-state index >= 15 is 0 Å². The smallest absolute Gasteiger partial charge is 0.277 e. The molecule has 0 aliphatic carbocycles. The van der Waals surface area contributed by atoms with Crippen LogP contribution in [0.1, 0.15) is 28.6 Å². The molecule has 0 saturated carbocycles. The number of rotatable bonds is 6. The molecule has 0 aliphatic heterocycles. The average Bonchev–Trinajstić information content (AvgIpc) is 3.07. The van der Waals surface area contributed by atoms with Crippen LogP contribution in [0.15, 0.2) is 56.6 Å². The Morgan fingerprint density at radius 1 is 1.36 bits per heavy atom. The quantitative estimate of drug-likeness (QED) is 0.437. The third-order valence-corrected chi connectivity index (χ3v) is 4.33. The SMILES string of the molecule is CCOc1cc(Br)cc(/C=N\NC(=O)c2c(-c3ccccc3)noc2C)c1O. The van der Waals surface area contributed by atoms with Crippen LogP contribution in [0.5, 0.6) is 11.5 Å². The number of carbonyl (C=O) groups is 1. The normalized spacial score (nSPS) is 11.0. The number of nitrogens with one attached hydrogen (secondary N) is 1. The predicted octanol–water partition coefficient (Wildman–Crippen LogP) is 4.28. The molecule has 28 heavy (non-hydrogen) atoms. The molecule has 1 amide bonds. The fourth-order valence-corrected chi connectivity index (χ4v) is 3.06. The topological polar surface area (TPSA) is 97.0 Å². The van der Waals surface area contributed by atoms with E-state index in [1.54, 1.807) is 19.1 Å². The molecule has 3 rings (SSSR count). The Morgan fingerprint density at radius 3 is 2.82 bits per heavy atom. The molecule has 2 N–H and O–H groups in total. The lowest BCUT2D eigenvalue weighted by atomic mass is 10.1. The molecule has 0 fully saturated rings. The Morgan fingerprint density at radius 2 is 2.11 bits per heavy atom. The van der Waals surface area contributed by atoms with Crippen molar-refractivity contribution >= 4 is 28.1 Å². The molecule has 0 bridgehead atoms. The average molecular weight is 444 g/mol. The number of amides is 1. The van der Waals surface area contributed by atoms with Crippen LogP contribution in [-0.2, 0) is 0 Å². The third kappa shape index (κ3) is 4.23. The zero-order valence-corrected chi connectivity index (χ0v) is 16.9. The van der Waals surface area contributed by atoms with E-state index in [9.17, 15) is 9.90 Å². The summed E-state index contributed by atoms with van der Waals surface area (Å²) in [4.78, 5) is 12.6. The van der Waals surface area contributed by atoms with Crippen molar-refractivity contribution in [2.45, 2.75) is 13.8 Å². The van der Waals surface area contributed by atoms with Gasteiger partial charge < -0.3 is 14.4 Å². The fourth-order valence-electron chi connectivity index (χ4n) is 2.61. The Hall–Kier alpha value is -3.13. The van der Waals surface area contributed by atoms with E-state index in [2.05, 4.69) is 31.6 Å². The number of hydrazone groups is 1. The molecule has 0 saturated heterocycles. The van der Waals surface area contributed by atoms with Gasteiger partial charge in [-0.2, -0.15) is 5.10 Å². The van der Waals surface area contributed by atoms with Gasteiger partial charge >= 0.3 is 0 Å². The van der Waals surface area contributed by atoms with E-state index in [1.165, 1.54) is 6.21 Å². The van der Waals surface area contributed by atoms with Crippen molar-refractivity contribution in [3.63, 3.8) is 0 Å². The summed E-state index contributed by atoms with van der Waals surface area (Å²) in [6, 6.07) is 12.6. The van der Waals surface area contributed by atoms with Crippen molar-refractivity contribution in [2.75, 3.05) is 6.61 Å². The van der Waals surface area contributed by atoms with E-state index in [1.807, 2.05) is 37.3 Å². The van der Waals surface area contributed by atoms with Gasteiger partial charge in [-0.25, -0.2) is 5.43 Å². The first kappa shape index (κ1) is 19.6. The van der Waals surface area contributed by atoms with Crippen LogP contribution in [0, 0.1) is 6.92 Å². The summed E-state index contributed by atoms with van der Waals surface area (Å²) in [5.41, 5.74) is 4.34. The number of phenols is 1. The van der Waals surface area contributed by atoms with Crippen LogP contribution < -0.4 is 10.2 Å². The van der Waals surface area contributed by atoms with Crippen LogP contribution in [-0.4, -0.2) is 29.0 Å². The minimum Gasteiger partial charge on any atom is -0.504 e. The number of benzene rings is 2. The highest BCUT2D eigenvalue weighted by molar-refractivity contribution is 9.10. The number of aromatic nitrogens is 1. The van der Waals surface area contributed by atoms with Gasteiger partial charge in [-0.3, -0.25) is 4.79 Å². The largest absolute Gasteiger partial charge is 0.504 e. The second-order valence-electron chi connectivity index (χ2n) is 5.80. The lowest BCUT2D eigenvalue weighted by molar-refractivity contribution is 0.0954. The van der Waals surface area contributed by atoms with Gasteiger partial charge in [0.05, 0.1) is 12.8 Å². The Bertz CT molecular complexity index is 1020. The van der Waals surface area contributed by atoms with Gasteiger partial charge in [0.2, 0.25) is 0 Å². The van der Waals surface area contributed by atoms with Gasteiger partial charge in [-0.1, -0.05) is 51.4 Å². The number of hydrogen-bond donors (Lipinski definition) is 2. The highest BCUT2D eigenvalue weighted by Crippen LogP contribution is 2.33. The summed E-state index contributed by atoms with van der Waals surface area (Å²) >= 11 is 3.35. The molecule has 1 aromatic heterocycles. The zero-order valence-electron chi connectivity index (χ0n) is 15.3. The molecule has 144 valence electrons. The first-order valence-electron chi connectivity index (χ1n) is 8.51. The third-order valence-electron chi connectivity index (χ3n) is 3.88. The van der Waals surface area contributed by atoms with Crippen LogP contribution in [0.3, 0.4) is 0 Å². The molecule has 8 heteroatoms. The predicted molar refractivity (Wildman–Crippen MR) is 109 cm³/mol. The zero-order chi connectivity index (χ0) is 20.1. The van der Waals surface area contributed by atoms with Gasteiger partial charge in [0.15, 0.2) is 11.5 Å². The Kier molecular flexibility index (Phi) is 6.10. The van der Waals surface area contributed by atoms with E-state index in [-0.39, 0.29) is 5.75 Å². The van der Waals surface area contributed by atoms with Gasteiger partial charge in [0.1, 0.15) is 17.0 Å². The molecular formula is C20H18BrN3O4. The van der Waals surface area contributed by atoms with Crippen molar-refractivity contribution in [1.82, 2.24) is 10.6 Å². The van der Waals surface area contributed by atoms with Gasteiger partial charge in [0, 0.05) is 15.6 Å². The summed E-state index contributed by atoms with van der Waals surface area (Å²) in [5, 5.41) is 18.2. The summed E-state index contributed by atoms with van der Waals surface area (Å²) in [7, 11) is 0. The number of hydrogen-bond acceptors (Lipinski definition) is 6. The first-order valence-corrected chi connectivity index (χ1v) is 9.31. The maximum atomic E-state index is 12.6. The molecule has 1 heterocycles. The summed E-state index contributed by atoms with van der Waals surface area (Å²) in [6.07, 6.45) is 1.34. The maximum absolute atomic E-state index is 12.6. The van der Waals surface area contributed by atoms with Gasteiger partial charge in [-0.05, 0) is 26.0 Å². The van der Waals surface area contributed by atoms with E-state index < -0.39 is 5.91 Å². The van der Waals surface area contributed by atoms with Gasteiger partial charge in [-0.15, -0.1) is 0 Å². The van der Waals surface area contributed by atoms with Crippen LogP contribution in [0.2, 0.25) is 0 Å². The molecule has 0 atom stereocenters. The minimum atomic E-state index is -0.464. The number of carbonyl (C=O) groups excluding carboxylic acids is 1. The number of nitrogens with zero attached hydrogens (tertiary/aromatic N) is 2. The molecule has 2 aromatic carbocycles. The van der Waals surface area contributed by atoms with Crippen LogP contribution >= 0.6 is 15.9 Å². The Balaban J connectivity index is 1.82. The molecule has 7 nitrogen and oxygen atoms in total. The molecule has 0 spiro atoms. The van der Waals surface area contributed by atoms with E-state index in [0.717, 1.165) is 5.56 Å². The number of halogens is 1. The molecule has 0 aliphatic rings. The number of aromatic hydroxyl groups is 1. The highest BCUT2D eigenvalue weighted by atomic mass is 79.9. The van der Waals surface area contributed by atoms with Crippen molar-refractivity contribution < 1.29 is 19.2 Å². The van der Waals surface area contributed by atoms with Crippen molar-refractivity contribution in [2.24, 2.45) is 5.10 Å². The summed E-state index contributed by atoms with van der Waals surface area (Å²) < 4.78 is 11.3. The lowest BCUT2D eigenvalue weighted by Gasteiger charge is -2.08. The summed E-state index contributed by atoms with van der Waals surface area (Å²) in [6.45, 7) is 3.89. The van der Waals surface area contributed by atoms with E-state index in [0.29, 0.717) is 39.4 Å². The lowest BCUT2D eigenvalue weighted by Crippen LogP contribution is -2.18. The van der Waals surface area contributed by atoms with E-state index in [4.69, 9.17) is 9.26 Å². The molecular weight excluding hydrogens is 426 g/mol. The standard InChI is InChI=1S/C20H18BrN3O4/c1-3-27-16-10-15(21)9-14(19(16)25)11-22-23-20(26)17-12(2)28-24-18(17)13-7-5-4-6-8-13/h4-11,25H,3H2,1-2H3,(H,23,26)/b22-11-.